The van der Waals surface area contributed by atoms with Gasteiger partial charge < -0.3 is 24.6 Å². The molecule has 0 unspecified atom stereocenters. The highest BCUT2D eigenvalue weighted by atomic mass is 16.5. The third kappa shape index (κ3) is 6.79. The van der Waals surface area contributed by atoms with Crippen molar-refractivity contribution in [1.82, 2.24) is 4.90 Å². The van der Waals surface area contributed by atoms with Crippen molar-refractivity contribution in [3.63, 3.8) is 0 Å². The van der Waals surface area contributed by atoms with Crippen molar-refractivity contribution in [3.8, 4) is 11.5 Å². The van der Waals surface area contributed by atoms with Gasteiger partial charge in [-0.25, -0.2) is 0 Å². The molecule has 5 rings (SSSR count). The first kappa shape index (κ1) is 28.4. The number of carbonyl (C=O) groups excluding carboxylic acids is 1. The van der Waals surface area contributed by atoms with Gasteiger partial charge in [-0.05, 0) is 70.5 Å². The van der Waals surface area contributed by atoms with Crippen LogP contribution in [-0.4, -0.2) is 34.1 Å². The maximum absolute atomic E-state index is 12.1. The summed E-state index contributed by atoms with van der Waals surface area (Å²) in [6, 6.07) is 32.2. The van der Waals surface area contributed by atoms with Gasteiger partial charge in [-0.15, -0.1) is 0 Å². The maximum Gasteiger partial charge on any atom is 0.219 e. The zero-order valence-electron chi connectivity index (χ0n) is 23.5. The lowest BCUT2D eigenvalue weighted by Crippen LogP contribution is -2.45. The van der Waals surface area contributed by atoms with E-state index in [9.17, 15) is 15.0 Å². The summed E-state index contributed by atoms with van der Waals surface area (Å²) in [6.45, 7) is 4.03. The van der Waals surface area contributed by atoms with Gasteiger partial charge in [0.25, 0.3) is 0 Å². The van der Waals surface area contributed by atoms with E-state index >= 15 is 0 Å². The molecule has 6 nitrogen and oxygen atoms in total. The molecule has 4 aromatic rings. The Balaban J connectivity index is 1.31. The van der Waals surface area contributed by atoms with Crippen molar-refractivity contribution >= 4 is 5.91 Å². The smallest absolute Gasteiger partial charge is 0.219 e. The van der Waals surface area contributed by atoms with Crippen LogP contribution in [0.3, 0.4) is 0 Å². The highest BCUT2D eigenvalue weighted by molar-refractivity contribution is 5.73. The van der Waals surface area contributed by atoms with Crippen molar-refractivity contribution < 1.29 is 24.5 Å². The van der Waals surface area contributed by atoms with E-state index in [0.29, 0.717) is 26.3 Å². The van der Waals surface area contributed by atoms with Gasteiger partial charge in [0.2, 0.25) is 5.91 Å². The first-order valence-corrected chi connectivity index (χ1v) is 14.1. The average molecular weight is 552 g/mol. The molecular weight excluding hydrogens is 514 g/mol. The average Bonchev–Trinajstić information content (AvgIpc) is 3.03. The number of rotatable bonds is 10. The number of ether oxygens (including phenoxy) is 2. The molecule has 0 aliphatic carbocycles. The predicted molar refractivity (Wildman–Crippen MR) is 159 cm³/mol. The summed E-state index contributed by atoms with van der Waals surface area (Å²) in [5.74, 6) is 1.71. The number of benzene rings is 4. The minimum absolute atomic E-state index is 0.0325. The Kier molecular flexibility index (Phi) is 9.02. The van der Waals surface area contributed by atoms with E-state index in [1.165, 1.54) is 11.1 Å². The standard InChI is InChI=1S/C35H37NO5/c1-26(39)36-20-18-35(19-21-36,31-10-14-33(15-11-31)40-24-29-6-2-27(22-37)3-7-29)32-12-16-34(17-13-32)41-25-30-8-4-28(23-38)5-9-30/h2-17,37-38H,18-25H2,1H3. The van der Waals surface area contributed by atoms with E-state index in [4.69, 9.17) is 9.47 Å². The van der Waals surface area contributed by atoms with Crippen LogP contribution in [0.15, 0.2) is 97.1 Å². The van der Waals surface area contributed by atoms with Gasteiger partial charge in [-0.2, -0.15) is 0 Å². The highest BCUT2D eigenvalue weighted by Gasteiger charge is 2.38. The van der Waals surface area contributed by atoms with E-state index < -0.39 is 0 Å². The molecule has 0 radical (unpaired) electrons. The van der Waals surface area contributed by atoms with E-state index in [1.807, 2.05) is 77.7 Å². The summed E-state index contributed by atoms with van der Waals surface area (Å²) in [7, 11) is 0. The fraction of sp³-hybridized carbons (Fsp3) is 0.286. The molecule has 0 saturated carbocycles. The lowest BCUT2D eigenvalue weighted by molar-refractivity contribution is -0.130. The van der Waals surface area contributed by atoms with Crippen molar-refractivity contribution in [1.29, 1.82) is 0 Å². The van der Waals surface area contributed by atoms with Gasteiger partial charge in [0.1, 0.15) is 24.7 Å². The van der Waals surface area contributed by atoms with Gasteiger partial charge in [0, 0.05) is 25.4 Å². The molecule has 1 heterocycles. The topological polar surface area (TPSA) is 79.2 Å². The Bertz CT molecular complexity index is 1310. The summed E-state index contributed by atoms with van der Waals surface area (Å²) in [4.78, 5) is 14.0. The van der Waals surface area contributed by atoms with Gasteiger partial charge in [0.05, 0.1) is 13.2 Å². The van der Waals surface area contributed by atoms with Crippen LogP contribution in [0.2, 0.25) is 0 Å². The summed E-state index contributed by atoms with van der Waals surface area (Å²) in [5, 5.41) is 18.5. The normalized spacial score (nSPS) is 14.5. The molecule has 2 N–H and O–H groups in total. The molecule has 0 spiro atoms. The molecule has 1 fully saturated rings. The summed E-state index contributed by atoms with van der Waals surface area (Å²) in [6.07, 6.45) is 1.67. The van der Waals surface area contributed by atoms with E-state index in [2.05, 4.69) is 24.3 Å². The molecule has 6 heteroatoms. The molecule has 0 aromatic heterocycles. The molecule has 0 atom stereocenters. The van der Waals surface area contributed by atoms with Crippen molar-refractivity contribution in [2.45, 2.75) is 51.6 Å². The number of hydrogen-bond donors (Lipinski definition) is 2. The van der Waals surface area contributed by atoms with Gasteiger partial charge in [-0.1, -0.05) is 72.8 Å². The Labute approximate surface area is 241 Å². The molecule has 212 valence electrons. The van der Waals surface area contributed by atoms with Crippen molar-refractivity contribution in [2.24, 2.45) is 0 Å². The second-order valence-electron chi connectivity index (χ2n) is 10.7. The molecular formula is C35H37NO5. The second kappa shape index (κ2) is 13.0. The predicted octanol–water partition coefficient (Wildman–Crippen LogP) is 5.76. The Morgan fingerprint density at radius 1 is 0.634 bits per heavy atom. The summed E-state index contributed by atoms with van der Waals surface area (Å²) < 4.78 is 12.1. The molecule has 41 heavy (non-hydrogen) atoms. The number of piperidine rings is 1. The minimum atomic E-state index is -0.219. The van der Waals surface area contributed by atoms with Crippen LogP contribution in [0.5, 0.6) is 11.5 Å². The lowest BCUT2D eigenvalue weighted by Gasteiger charge is -2.42. The van der Waals surface area contributed by atoms with Crippen LogP contribution in [0.1, 0.15) is 53.1 Å². The zero-order chi connectivity index (χ0) is 28.7. The highest BCUT2D eigenvalue weighted by Crippen LogP contribution is 2.43. The van der Waals surface area contributed by atoms with Crippen LogP contribution in [0.25, 0.3) is 0 Å². The number of carbonyl (C=O) groups is 1. The first-order chi connectivity index (χ1) is 20.0. The number of likely N-dealkylation sites (tertiary alicyclic amines) is 1. The van der Waals surface area contributed by atoms with Crippen molar-refractivity contribution in [2.75, 3.05) is 13.1 Å². The van der Waals surface area contributed by atoms with Crippen LogP contribution >= 0.6 is 0 Å². The summed E-state index contributed by atoms with van der Waals surface area (Å²) >= 11 is 0. The minimum Gasteiger partial charge on any atom is -0.489 e. The molecule has 0 bridgehead atoms. The quantitative estimate of drug-likeness (QED) is 0.262. The fourth-order valence-electron chi connectivity index (χ4n) is 5.50. The SMILES string of the molecule is CC(=O)N1CCC(c2ccc(OCc3ccc(CO)cc3)cc2)(c2ccc(OCc3ccc(CO)cc3)cc2)CC1. The number of hydrogen-bond acceptors (Lipinski definition) is 5. The Morgan fingerprint density at radius 2 is 1.00 bits per heavy atom. The summed E-state index contributed by atoms with van der Waals surface area (Å²) in [5.41, 5.74) is 6.05. The maximum atomic E-state index is 12.1. The Hall–Kier alpha value is -4.13. The second-order valence-corrected chi connectivity index (χ2v) is 10.7. The number of amides is 1. The van der Waals surface area contributed by atoms with Crippen LogP contribution < -0.4 is 9.47 Å². The molecule has 1 aliphatic rings. The third-order valence-electron chi connectivity index (χ3n) is 8.10. The first-order valence-electron chi connectivity index (χ1n) is 14.1. The van der Waals surface area contributed by atoms with Crippen LogP contribution in [-0.2, 0) is 36.6 Å². The van der Waals surface area contributed by atoms with Gasteiger partial charge in [0.15, 0.2) is 0 Å². The number of aliphatic hydroxyl groups excluding tert-OH is 2. The molecule has 1 aliphatic heterocycles. The third-order valence-corrected chi connectivity index (χ3v) is 8.10. The number of aliphatic hydroxyl groups is 2. The van der Waals surface area contributed by atoms with Gasteiger partial charge >= 0.3 is 0 Å². The fourth-order valence-corrected chi connectivity index (χ4v) is 5.50. The molecule has 1 saturated heterocycles. The van der Waals surface area contributed by atoms with E-state index in [0.717, 1.165) is 46.6 Å². The number of nitrogens with zero attached hydrogens (tertiary/aromatic N) is 1. The van der Waals surface area contributed by atoms with E-state index in [1.54, 1.807) is 6.92 Å². The zero-order valence-corrected chi connectivity index (χ0v) is 23.5. The van der Waals surface area contributed by atoms with Gasteiger partial charge in [-0.3, -0.25) is 4.79 Å². The largest absolute Gasteiger partial charge is 0.489 e. The van der Waals surface area contributed by atoms with Crippen LogP contribution in [0.4, 0.5) is 0 Å². The van der Waals surface area contributed by atoms with E-state index in [-0.39, 0.29) is 24.5 Å². The lowest BCUT2D eigenvalue weighted by atomic mass is 9.68. The molecule has 4 aromatic carbocycles. The van der Waals surface area contributed by atoms with Crippen molar-refractivity contribution in [3.05, 3.63) is 130 Å². The van der Waals surface area contributed by atoms with Crippen LogP contribution in [0, 0.1) is 0 Å². The molecule has 1 amide bonds. The Morgan fingerprint density at radius 3 is 1.34 bits per heavy atom. The monoisotopic (exact) mass is 551 g/mol.